The van der Waals surface area contributed by atoms with Crippen LogP contribution in [0.5, 0.6) is 0 Å². The molecule has 140 valence electrons. The Bertz CT molecular complexity index is 763. The van der Waals surface area contributed by atoms with Crippen molar-refractivity contribution in [1.82, 2.24) is 25.1 Å². The molecule has 0 bridgehead atoms. The second-order valence-corrected chi connectivity index (χ2v) is 7.29. The number of rotatable bonds is 5. The normalized spacial score (nSPS) is 23.2. The molecule has 1 saturated carbocycles. The SMILES string of the molecule is CCOC(=O)c1cccc(-n2nnnc2C2(N(C)C)CCC(C)CC2)c1. The van der Waals surface area contributed by atoms with Crippen LogP contribution in [0.1, 0.15) is 55.7 Å². The number of tetrazole rings is 1. The maximum absolute atomic E-state index is 12.1. The monoisotopic (exact) mass is 357 g/mol. The predicted octanol–water partition coefficient (Wildman–Crippen LogP) is 2.81. The van der Waals surface area contributed by atoms with Gasteiger partial charge in [0.25, 0.3) is 0 Å². The summed E-state index contributed by atoms with van der Waals surface area (Å²) in [6.07, 6.45) is 4.32. The summed E-state index contributed by atoms with van der Waals surface area (Å²) in [7, 11) is 4.17. The van der Waals surface area contributed by atoms with Gasteiger partial charge in [0.2, 0.25) is 0 Å². The van der Waals surface area contributed by atoms with Gasteiger partial charge in [-0.2, -0.15) is 4.68 Å². The maximum atomic E-state index is 12.1. The van der Waals surface area contributed by atoms with Gasteiger partial charge in [0, 0.05) is 0 Å². The first-order valence-electron chi connectivity index (χ1n) is 9.22. The van der Waals surface area contributed by atoms with Crippen LogP contribution in [-0.4, -0.2) is 51.8 Å². The Labute approximate surface area is 154 Å². The molecule has 1 aliphatic carbocycles. The third-order valence-electron chi connectivity index (χ3n) is 5.45. The summed E-state index contributed by atoms with van der Waals surface area (Å²) in [4.78, 5) is 14.3. The highest BCUT2D eigenvalue weighted by Gasteiger charge is 2.42. The number of benzene rings is 1. The van der Waals surface area contributed by atoms with Crippen LogP contribution in [-0.2, 0) is 10.3 Å². The minimum atomic E-state index is -0.335. The first kappa shape index (κ1) is 18.5. The number of carbonyl (C=O) groups excluding carboxylic acids is 1. The zero-order valence-corrected chi connectivity index (χ0v) is 16.0. The number of esters is 1. The van der Waals surface area contributed by atoms with E-state index in [4.69, 9.17) is 4.74 Å². The first-order valence-corrected chi connectivity index (χ1v) is 9.22. The van der Waals surface area contributed by atoms with E-state index in [-0.39, 0.29) is 11.5 Å². The number of hydrogen-bond acceptors (Lipinski definition) is 6. The van der Waals surface area contributed by atoms with Crippen molar-refractivity contribution in [3.05, 3.63) is 35.7 Å². The van der Waals surface area contributed by atoms with Gasteiger partial charge in [0.1, 0.15) is 0 Å². The molecule has 26 heavy (non-hydrogen) atoms. The zero-order chi connectivity index (χ0) is 18.7. The minimum Gasteiger partial charge on any atom is -0.462 e. The summed E-state index contributed by atoms with van der Waals surface area (Å²) in [6.45, 7) is 4.44. The van der Waals surface area contributed by atoms with E-state index in [1.165, 1.54) is 0 Å². The van der Waals surface area contributed by atoms with E-state index in [1.807, 2.05) is 12.1 Å². The summed E-state index contributed by atoms with van der Waals surface area (Å²) in [5.41, 5.74) is 1.08. The highest BCUT2D eigenvalue weighted by molar-refractivity contribution is 5.90. The Morgan fingerprint density at radius 1 is 1.35 bits per heavy atom. The zero-order valence-electron chi connectivity index (χ0n) is 16.0. The van der Waals surface area contributed by atoms with Gasteiger partial charge in [-0.15, -0.1) is 5.10 Å². The molecule has 3 rings (SSSR count). The minimum absolute atomic E-state index is 0.198. The summed E-state index contributed by atoms with van der Waals surface area (Å²) in [5.74, 6) is 1.22. The third kappa shape index (κ3) is 3.35. The van der Waals surface area contributed by atoms with Crippen molar-refractivity contribution in [2.75, 3.05) is 20.7 Å². The van der Waals surface area contributed by atoms with E-state index < -0.39 is 0 Å². The van der Waals surface area contributed by atoms with Crippen LogP contribution in [0.3, 0.4) is 0 Å². The fourth-order valence-electron chi connectivity index (χ4n) is 3.74. The highest BCUT2D eigenvalue weighted by Crippen LogP contribution is 2.42. The van der Waals surface area contributed by atoms with Gasteiger partial charge < -0.3 is 4.74 Å². The Morgan fingerprint density at radius 2 is 2.08 bits per heavy atom. The molecule has 0 radical (unpaired) electrons. The molecule has 0 aliphatic heterocycles. The van der Waals surface area contributed by atoms with Crippen LogP contribution in [0, 0.1) is 5.92 Å². The topological polar surface area (TPSA) is 73.1 Å². The Hall–Kier alpha value is -2.28. The van der Waals surface area contributed by atoms with Crippen molar-refractivity contribution in [3.8, 4) is 5.69 Å². The molecule has 1 heterocycles. The average molecular weight is 357 g/mol. The molecule has 0 atom stereocenters. The molecule has 7 nitrogen and oxygen atoms in total. The standard InChI is InChI=1S/C19H27N5O2/c1-5-26-17(25)15-7-6-8-16(13-15)24-18(20-21-22-24)19(23(3)4)11-9-14(2)10-12-19/h6-8,13-14H,5,9-12H2,1-4H3. The van der Waals surface area contributed by atoms with Gasteiger partial charge in [-0.3, -0.25) is 4.90 Å². The van der Waals surface area contributed by atoms with Crippen molar-refractivity contribution in [2.45, 2.75) is 45.1 Å². The van der Waals surface area contributed by atoms with Crippen LogP contribution < -0.4 is 0 Å². The average Bonchev–Trinajstić information content (AvgIpc) is 3.13. The molecular weight excluding hydrogens is 330 g/mol. The molecule has 0 N–H and O–H groups in total. The van der Waals surface area contributed by atoms with Crippen molar-refractivity contribution in [2.24, 2.45) is 5.92 Å². The predicted molar refractivity (Wildman–Crippen MR) is 98.1 cm³/mol. The molecule has 1 aromatic heterocycles. The van der Waals surface area contributed by atoms with Crippen LogP contribution in [0.25, 0.3) is 5.69 Å². The van der Waals surface area contributed by atoms with E-state index >= 15 is 0 Å². The Kier molecular flexibility index (Phi) is 5.36. The van der Waals surface area contributed by atoms with E-state index in [0.717, 1.165) is 43.1 Å². The van der Waals surface area contributed by atoms with E-state index in [1.54, 1.807) is 23.7 Å². The lowest BCUT2D eigenvalue weighted by Crippen LogP contribution is -2.46. The lowest BCUT2D eigenvalue weighted by Gasteiger charge is -2.43. The summed E-state index contributed by atoms with van der Waals surface area (Å²) in [6, 6.07) is 7.28. The Balaban J connectivity index is 2.01. The summed E-state index contributed by atoms with van der Waals surface area (Å²) >= 11 is 0. The molecule has 1 fully saturated rings. The fraction of sp³-hybridized carbons (Fsp3) is 0.579. The van der Waals surface area contributed by atoms with E-state index in [9.17, 15) is 4.79 Å². The van der Waals surface area contributed by atoms with Gasteiger partial charge >= 0.3 is 5.97 Å². The molecule has 1 aromatic carbocycles. The van der Waals surface area contributed by atoms with Crippen LogP contribution >= 0.6 is 0 Å². The number of nitrogens with zero attached hydrogens (tertiary/aromatic N) is 5. The van der Waals surface area contributed by atoms with Crippen molar-refractivity contribution >= 4 is 5.97 Å². The molecule has 0 amide bonds. The molecule has 0 unspecified atom stereocenters. The summed E-state index contributed by atoms with van der Waals surface area (Å²) in [5, 5.41) is 12.6. The Morgan fingerprint density at radius 3 is 2.73 bits per heavy atom. The lowest BCUT2D eigenvalue weighted by atomic mass is 9.75. The van der Waals surface area contributed by atoms with Gasteiger partial charge in [0.15, 0.2) is 5.82 Å². The molecule has 2 aromatic rings. The van der Waals surface area contributed by atoms with Crippen LogP contribution in [0.4, 0.5) is 0 Å². The van der Waals surface area contributed by atoms with Gasteiger partial charge in [-0.05, 0) is 81.2 Å². The molecule has 1 aliphatic rings. The van der Waals surface area contributed by atoms with Crippen LogP contribution in [0.15, 0.2) is 24.3 Å². The highest BCUT2D eigenvalue weighted by atomic mass is 16.5. The number of hydrogen-bond donors (Lipinski definition) is 0. The largest absolute Gasteiger partial charge is 0.462 e. The fourth-order valence-corrected chi connectivity index (χ4v) is 3.74. The van der Waals surface area contributed by atoms with Crippen molar-refractivity contribution < 1.29 is 9.53 Å². The quantitative estimate of drug-likeness (QED) is 0.766. The van der Waals surface area contributed by atoms with Gasteiger partial charge in [-0.25, -0.2) is 4.79 Å². The number of ether oxygens (including phenoxy) is 1. The van der Waals surface area contributed by atoms with Crippen LogP contribution in [0.2, 0.25) is 0 Å². The third-order valence-corrected chi connectivity index (χ3v) is 5.45. The smallest absolute Gasteiger partial charge is 0.338 e. The maximum Gasteiger partial charge on any atom is 0.338 e. The number of aromatic nitrogens is 4. The number of carbonyl (C=O) groups is 1. The van der Waals surface area contributed by atoms with Gasteiger partial charge in [0.05, 0.1) is 23.4 Å². The van der Waals surface area contributed by atoms with Gasteiger partial charge in [-0.1, -0.05) is 13.0 Å². The van der Waals surface area contributed by atoms with E-state index in [2.05, 4.69) is 41.4 Å². The van der Waals surface area contributed by atoms with E-state index in [0.29, 0.717) is 12.2 Å². The van der Waals surface area contributed by atoms with Crippen molar-refractivity contribution in [1.29, 1.82) is 0 Å². The lowest BCUT2D eigenvalue weighted by molar-refractivity contribution is 0.0526. The molecule has 0 spiro atoms. The molecule has 7 heteroatoms. The van der Waals surface area contributed by atoms with Crippen molar-refractivity contribution in [3.63, 3.8) is 0 Å². The first-order chi connectivity index (χ1) is 12.5. The molecule has 0 saturated heterocycles. The second-order valence-electron chi connectivity index (χ2n) is 7.29. The second kappa shape index (κ2) is 7.53. The summed E-state index contributed by atoms with van der Waals surface area (Å²) < 4.78 is 6.87. The molecular formula is C19H27N5O2.